The third kappa shape index (κ3) is 2.34. The molecule has 0 aliphatic carbocycles. The van der Waals surface area contributed by atoms with Gasteiger partial charge in [-0.15, -0.1) is 5.10 Å². The number of hydrogen-bond acceptors (Lipinski definition) is 5. The first-order chi connectivity index (χ1) is 10.6. The number of rotatable bonds is 3. The van der Waals surface area contributed by atoms with Gasteiger partial charge < -0.3 is 4.90 Å². The SMILES string of the molecule is Cc1c(-n2nnc3ccccc32)sc(/N=C/N(C)C)c1C#N. The largest absolute Gasteiger partial charge is 0.369 e. The van der Waals surface area contributed by atoms with Crippen LogP contribution in [-0.4, -0.2) is 40.3 Å². The molecule has 22 heavy (non-hydrogen) atoms. The molecule has 3 rings (SSSR count). The van der Waals surface area contributed by atoms with Crippen molar-refractivity contribution in [3.8, 4) is 11.1 Å². The standard InChI is InChI=1S/C15H14N6S/c1-10-11(8-16)14(17-9-20(2)3)22-15(10)21-13-7-5-4-6-12(13)18-19-21/h4-7,9H,1-3H3/b17-9+. The maximum absolute atomic E-state index is 9.41. The Morgan fingerprint density at radius 3 is 2.86 bits per heavy atom. The smallest absolute Gasteiger partial charge is 0.137 e. The molecule has 3 aromatic rings. The fourth-order valence-corrected chi connectivity index (χ4v) is 3.16. The van der Waals surface area contributed by atoms with Crippen LogP contribution in [0.15, 0.2) is 29.3 Å². The van der Waals surface area contributed by atoms with Gasteiger partial charge >= 0.3 is 0 Å². The highest BCUT2D eigenvalue weighted by Crippen LogP contribution is 2.37. The summed E-state index contributed by atoms with van der Waals surface area (Å²) in [5, 5.41) is 19.3. The molecule has 0 amide bonds. The van der Waals surface area contributed by atoms with Gasteiger partial charge in [0.05, 0.1) is 17.4 Å². The third-order valence-corrected chi connectivity index (χ3v) is 4.34. The lowest BCUT2D eigenvalue weighted by Crippen LogP contribution is -2.06. The van der Waals surface area contributed by atoms with Crippen molar-refractivity contribution in [1.29, 1.82) is 5.26 Å². The van der Waals surface area contributed by atoms with Crippen LogP contribution in [0, 0.1) is 18.3 Å². The molecular weight excluding hydrogens is 296 g/mol. The van der Waals surface area contributed by atoms with E-state index in [1.807, 2.05) is 50.2 Å². The van der Waals surface area contributed by atoms with E-state index in [1.165, 1.54) is 11.3 Å². The molecule has 0 radical (unpaired) electrons. The van der Waals surface area contributed by atoms with Crippen LogP contribution >= 0.6 is 11.3 Å². The van der Waals surface area contributed by atoms with Crippen molar-refractivity contribution in [2.24, 2.45) is 4.99 Å². The molecule has 1 aromatic carbocycles. The highest BCUT2D eigenvalue weighted by molar-refractivity contribution is 7.18. The summed E-state index contributed by atoms with van der Waals surface area (Å²) in [4.78, 5) is 6.22. The van der Waals surface area contributed by atoms with Gasteiger partial charge in [0.25, 0.3) is 0 Å². The summed E-state index contributed by atoms with van der Waals surface area (Å²) in [6.45, 7) is 1.91. The normalized spacial score (nSPS) is 11.2. The third-order valence-electron chi connectivity index (χ3n) is 3.16. The van der Waals surface area contributed by atoms with Crippen LogP contribution in [0.1, 0.15) is 11.1 Å². The van der Waals surface area contributed by atoms with Gasteiger partial charge in [0, 0.05) is 19.7 Å². The van der Waals surface area contributed by atoms with Crippen LogP contribution in [0.2, 0.25) is 0 Å². The van der Waals surface area contributed by atoms with E-state index < -0.39 is 0 Å². The van der Waals surface area contributed by atoms with E-state index in [0.717, 1.165) is 21.6 Å². The molecule has 2 heterocycles. The van der Waals surface area contributed by atoms with E-state index in [1.54, 1.807) is 11.0 Å². The first-order valence-corrected chi connectivity index (χ1v) is 7.48. The Labute approximate surface area is 131 Å². The number of para-hydroxylation sites is 1. The fraction of sp³-hybridized carbons (Fsp3) is 0.200. The van der Waals surface area contributed by atoms with Crippen molar-refractivity contribution in [3.05, 3.63) is 35.4 Å². The van der Waals surface area contributed by atoms with Crippen molar-refractivity contribution in [1.82, 2.24) is 19.9 Å². The molecular formula is C15H14N6S. The molecule has 0 bridgehead atoms. The fourth-order valence-electron chi connectivity index (χ4n) is 2.10. The summed E-state index contributed by atoms with van der Waals surface area (Å²) in [6, 6.07) is 9.98. The zero-order valence-corrected chi connectivity index (χ0v) is 13.3. The van der Waals surface area contributed by atoms with Crippen LogP contribution in [0.5, 0.6) is 0 Å². The van der Waals surface area contributed by atoms with E-state index in [4.69, 9.17) is 0 Å². The summed E-state index contributed by atoms with van der Waals surface area (Å²) in [5.74, 6) is 0. The zero-order valence-electron chi connectivity index (χ0n) is 12.5. The second-order valence-electron chi connectivity index (χ2n) is 5.02. The van der Waals surface area contributed by atoms with E-state index in [2.05, 4.69) is 21.4 Å². The van der Waals surface area contributed by atoms with E-state index in [-0.39, 0.29) is 0 Å². The molecule has 2 aromatic heterocycles. The lowest BCUT2D eigenvalue weighted by molar-refractivity contribution is 0.643. The predicted molar refractivity (Wildman–Crippen MR) is 88.0 cm³/mol. The number of aliphatic imine (C=N–C) groups is 1. The van der Waals surface area contributed by atoms with Gasteiger partial charge in [-0.25, -0.2) is 9.67 Å². The number of nitrogens with zero attached hydrogens (tertiary/aromatic N) is 6. The van der Waals surface area contributed by atoms with Gasteiger partial charge in [-0.1, -0.05) is 28.7 Å². The Balaban J connectivity index is 2.18. The number of thiophene rings is 1. The summed E-state index contributed by atoms with van der Waals surface area (Å²) in [7, 11) is 3.78. The van der Waals surface area contributed by atoms with Gasteiger partial charge in [0.1, 0.15) is 21.6 Å². The van der Waals surface area contributed by atoms with Crippen molar-refractivity contribution in [2.75, 3.05) is 14.1 Å². The monoisotopic (exact) mass is 310 g/mol. The van der Waals surface area contributed by atoms with Crippen LogP contribution < -0.4 is 0 Å². The molecule has 0 spiro atoms. The highest BCUT2D eigenvalue weighted by Gasteiger charge is 2.18. The van der Waals surface area contributed by atoms with Gasteiger partial charge in [0.2, 0.25) is 0 Å². The van der Waals surface area contributed by atoms with Crippen LogP contribution in [-0.2, 0) is 0 Å². The summed E-state index contributed by atoms with van der Waals surface area (Å²) in [5.41, 5.74) is 3.19. The summed E-state index contributed by atoms with van der Waals surface area (Å²) in [6.07, 6.45) is 1.69. The average Bonchev–Trinajstić information content (AvgIpc) is 3.06. The quantitative estimate of drug-likeness (QED) is 0.551. The number of hydrogen-bond donors (Lipinski definition) is 0. The van der Waals surface area contributed by atoms with E-state index in [0.29, 0.717) is 10.6 Å². The Morgan fingerprint density at radius 1 is 1.36 bits per heavy atom. The van der Waals surface area contributed by atoms with E-state index in [9.17, 15) is 5.26 Å². The first-order valence-electron chi connectivity index (χ1n) is 6.66. The molecule has 0 unspecified atom stereocenters. The minimum Gasteiger partial charge on any atom is -0.369 e. The first kappa shape index (κ1) is 14.2. The van der Waals surface area contributed by atoms with Crippen LogP contribution in [0.4, 0.5) is 5.00 Å². The van der Waals surface area contributed by atoms with Gasteiger partial charge in [-0.3, -0.25) is 0 Å². The Morgan fingerprint density at radius 2 is 2.14 bits per heavy atom. The van der Waals surface area contributed by atoms with Crippen molar-refractivity contribution >= 4 is 33.7 Å². The minimum atomic E-state index is 0.581. The lowest BCUT2D eigenvalue weighted by Gasteiger charge is -2.00. The topological polar surface area (TPSA) is 70.1 Å². The number of nitriles is 1. The van der Waals surface area contributed by atoms with Crippen molar-refractivity contribution in [2.45, 2.75) is 6.92 Å². The maximum atomic E-state index is 9.41. The number of benzene rings is 1. The summed E-state index contributed by atoms with van der Waals surface area (Å²) >= 11 is 1.44. The highest BCUT2D eigenvalue weighted by atomic mass is 32.1. The van der Waals surface area contributed by atoms with Crippen LogP contribution in [0.3, 0.4) is 0 Å². The second kappa shape index (κ2) is 5.58. The number of aromatic nitrogens is 3. The molecule has 0 aliphatic rings. The Kier molecular flexibility index (Phi) is 3.61. The molecule has 6 nitrogen and oxygen atoms in total. The molecule has 0 fully saturated rings. The second-order valence-corrected chi connectivity index (χ2v) is 6.00. The van der Waals surface area contributed by atoms with E-state index >= 15 is 0 Å². The molecule has 0 saturated heterocycles. The van der Waals surface area contributed by atoms with Gasteiger partial charge in [-0.05, 0) is 19.1 Å². The molecule has 7 heteroatoms. The van der Waals surface area contributed by atoms with Crippen molar-refractivity contribution < 1.29 is 0 Å². The predicted octanol–water partition coefficient (Wildman–Crippen LogP) is 2.88. The molecule has 0 aliphatic heterocycles. The zero-order chi connectivity index (χ0) is 15.7. The molecule has 0 saturated carbocycles. The summed E-state index contributed by atoms with van der Waals surface area (Å²) < 4.78 is 1.77. The van der Waals surface area contributed by atoms with Gasteiger partial charge in [0.15, 0.2) is 0 Å². The van der Waals surface area contributed by atoms with Crippen LogP contribution in [0.25, 0.3) is 16.0 Å². The minimum absolute atomic E-state index is 0.581. The molecule has 0 N–H and O–H groups in total. The molecule has 0 atom stereocenters. The molecule has 110 valence electrons. The average molecular weight is 310 g/mol. The number of fused-ring (bicyclic) bond motifs is 1. The lowest BCUT2D eigenvalue weighted by atomic mass is 10.2. The Bertz CT molecular complexity index is 897. The maximum Gasteiger partial charge on any atom is 0.137 e. The van der Waals surface area contributed by atoms with Gasteiger partial charge in [-0.2, -0.15) is 5.26 Å². The van der Waals surface area contributed by atoms with Crippen molar-refractivity contribution in [3.63, 3.8) is 0 Å². The Hall–Kier alpha value is -2.72.